The van der Waals surface area contributed by atoms with Crippen LogP contribution in [0.25, 0.3) is 0 Å². The molecule has 20 heavy (non-hydrogen) atoms. The van der Waals surface area contributed by atoms with Crippen LogP contribution in [0.5, 0.6) is 5.75 Å². The Labute approximate surface area is 125 Å². The molecule has 110 valence electrons. The van der Waals surface area contributed by atoms with Crippen molar-refractivity contribution in [2.24, 2.45) is 5.41 Å². The van der Waals surface area contributed by atoms with Crippen LogP contribution < -0.4 is 4.74 Å². The topological polar surface area (TPSA) is 52.4 Å². The minimum absolute atomic E-state index is 0.0472. The molecule has 0 unspecified atom stereocenters. The molecule has 0 bridgehead atoms. The van der Waals surface area contributed by atoms with Crippen molar-refractivity contribution in [2.45, 2.75) is 32.1 Å². The summed E-state index contributed by atoms with van der Waals surface area (Å²) in [5.41, 5.74) is -0.362. The zero-order chi connectivity index (χ0) is 14.6. The second-order valence-electron chi connectivity index (χ2n) is 5.33. The summed E-state index contributed by atoms with van der Waals surface area (Å²) in [6.07, 6.45) is 5.44. The molecule has 1 aliphatic rings. The number of hydrogen-bond acceptors (Lipinski definition) is 3. The van der Waals surface area contributed by atoms with Gasteiger partial charge in [-0.25, -0.2) is 4.39 Å². The van der Waals surface area contributed by atoms with E-state index in [1.165, 1.54) is 24.6 Å². The Morgan fingerprint density at radius 1 is 1.35 bits per heavy atom. The van der Waals surface area contributed by atoms with E-state index in [4.69, 9.17) is 4.74 Å². The first kappa shape index (κ1) is 15.2. The lowest BCUT2D eigenvalue weighted by atomic mass is 9.76. The summed E-state index contributed by atoms with van der Waals surface area (Å²) in [4.78, 5) is 10.3. The normalized spacial score (nSPS) is 17.7. The molecule has 0 N–H and O–H groups in total. The van der Waals surface area contributed by atoms with Crippen molar-refractivity contribution < 1.29 is 14.1 Å². The Morgan fingerprint density at radius 3 is 2.65 bits per heavy atom. The van der Waals surface area contributed by atoms with Crippen molar-refractivity contribution in [3.63, 3.8) is 0 Å². The molecule has 0 atom stereocenters. The Morgan fingerprint density at radius 2 is 2.05 bits per heavy atom. The zero-order valence-corrected chi connectivity index (χ0v) is 12.7. The number of ether oxygens (including phenoxy) is 1. The number of benzene rings is 1. The molecule has 1 fully saturated rings. The Bertz CT molecular complexity index is 489. The first-order valence-electron chi connectivity index (χ1n) is 6.70. The number of nitrogens with zero attached hydrogens (tertiary/aromatic N) is 1. The Kier molecular flexibility index (Phi) is 4.96. The first-order valence-corrected chi connectivity index (χ1v) is 7.82. The van der Waals surface area contributed by atoms with E-state index in [1.54, 1.807) is 0 Å². The fourth-order valence-electron chi connectivity index (χ4n) is 2.63. The summed E-state index contributed by atoms with van der Waals surface area (Å²) in [6.45, 7) is 0.306. The van der Waals surface area contributed by atoms with Crippen molar-refractivity contribution in [2.75, 3.05) is 11.9 Å². The van der Waals surface area contributed by atoms with Crippen LogP contribution in [0.1, 0.15) is 32.1 Å². The van der Waals surface area contributed by atoms with Gasteiger partial charge in [-0.05, 0) is 18.9 Å². The summed E-state index contributed by atoms with van der Waals surface area (Å²) in [5, 5.41) is 11.7. The highest BCUT2D eigenvalue weighted by Gasteiger charge is 2.33. The third kappa shape index (κ3) is 3.29. The van der Waals surface area contributed by atoms with Crippen LogP contribution in [0.3, 0.4) is 0 Å². The van der Waals surface area contributed by atoms with Crippen molar-refractivity contribution >= 4 is 21.6 Å². The van der Waals surface area contributed by atoms with Gasteiger partial charge in [-0.15, -0.1) is 0 Å². The molecule has 1 aromatic carbocycles. The van der Waals surface area contributed by atoms with E-state index in [9.17, 15) is 14.5 Å². The lowest BCUT2D eigenvalue weighted by Crippen LogP contribution is -2.33. The monoisotopic (exact) mass is 345 g/mol. The number of alkyl halides is 1. The molecule has 0 spiro atoms. The van der Waals surface area contributed by atoms with Crippen LogP contribution in [0.2, 0.25) is 0 Å². The summed E-state index contributed by atoms with van der Waals surface area (Å²) in [7, 11) is 0. The van der Waals surface area contributed by atoms with E-state index in [2.05, 4.69) is 15.9 Å². The van der Waals surface area contributed by atoms with Crippen LogP contribution >= 0.6 is 15.9 Å². The van der Waals surface area contributed by atoms with E-state index in [0.717, 1.165) is 31.0 Å². The van der Waals surface area contributed by atoms with Crippen LogP contribution in [-0.4, -0.2) is 16.9 Å². The molecule has 0 amide bonds. The molecule has 0 aliphatic heterocycles. The van der Waals surface area contributed by atoms with Crippen molar-refractivity contribution in [3.05, 3.63) is 34.1 Å². The van der Waals surface area contributed by atoms with E-state index < -0.39 is 10.7 Å². The molecule has 1 aromatic rings. The van der Waals surface area contributed by atoms with E-state index in [-0.39, 0.29) is 16.9 Å². The van der Waals surface area contributed by atoms with Gasteiger partial charge >= 0.3 is 5.69 Å². The average molecular weight is 346 g/mol. The number of halogens is 2. The van der Waals surface area contributed by atoms with Crippen LogP contribution in [0.4, 0.5) is 10.1 Å². The largest absolute Gasteiger partial charge is 0.484 e. The summed E-state index contributed by atoms with van der Waals surface area (Å²) in [6, 6.07) is 3.77. The smallest absolute Gasteiger partial charge is 0.314 e. The summed E-state index contributed by atoms with van der Waals surface area (Å²) >= 11 is 3.50. The maximum absolute atomic E-state index is 13.8. The Hall–Kier alpha value is -1.17. The fraction of sp³-hybridized carbons (Fsp3) is 0.571. The standard InChI is InChI=1S/C14H17BrFNO3/c15-9-14(7-2-1-3-8-14)10-20-13-11(16)5-4-6-12(13)17(18)19/h4-6H,1-3,7-10H2. The third-order valence-corrected chi connectivity index (χ3v) is 5.05. The van der Waals surface area contributed by atoms with Gasteiger partial charge in [0.25, 0.3) is 0 Å². The van der Waals surface area contributed by atoms with Gasteiger partial charge in [-0.2, -0.15) is 0 Å². The predicted molar refractivity (Wildman–Crippen MR) is 77.9 cm³/mol. The van der Waals surface area contributed by atoms with Crippen LogP contribution in [0, 0.1) is 21.3 Å². The quantitative estimate of drug-likeness (QED) is 0.449. The number of rotatable bonds is 5. The molecule has 1 aliphatic carbocycles. The predicted octanol–water partition coefficient (Wildman–Crippen LogP) is 4.46. The average Bonchev–Trinajstić information content (AvgIpc) is 2.46. The number of hydrogen-bond donors (Lipinski definition) is 0. The number of nitro benzene ring substituents is 1. The lowest BCUT2D eigenvalue weighted by molar-refractivity contribution is -0.386. The number of para-hydroxylation sites is 1. The van der Waals surface area contributed by atoms with Crippen LogP contribution in [-0.2, 0) is 0 Å². The van der Waals surface area contributed by atoms with Gasteiger partial charge in [-0.3, -0.25) is 10.1 Å². The molecule has 6 heteroatoms. The van der Waals surface area contributed by atoms with E-state index >= 15 is 0 Å². The Balaban J connectivity index is 2.15. The molecular weight excluding hydrogens is 329 g/mol. The van der Waals surface area contributed by atoms with Crippen molar-refractivity contribution in [3.8, 4) is 5.75 Å². The molecule has 0 aromatic heterocycles. The van der Waals surface area contributed by atoms with Gasteiger partial charge in [0, 0.05) is 16.8 Å². The lowest BCUT2D eigenvalue weighted by Gasteiger charge is -2.35. The molecule has 0 saturated heterocycles. The molecule has 1 saturated carbocycles. The second-order valence-corrected chi connectivity index (χ2v) is 5.89. The molecule has 4 nitrogen and oxygen atoms in total. The zero-order valence-electron chi connectivity index (χ0n) is 11.1. The highest BCUT2D eigenvalue weighted by Crippen LogP contribution is 2.39. The van der Waals surface area contributed by atoms with E-state index in [1.807, 2.05) is 0 Å². The maximum atomic E-state index is 13.8. The highest BCUT2D eigenvalue weighted by molar-refractivity contribution is 9.09. The fourth-order valence-corrected chi connectivity index (χ4v) is 3.35. The molecule has 0 heterocycles. The molecular formula is C14H17BrFNO3. The summed E-state index contributed by atoms with van der Waals surface area (Å²) in [5.74, 6) is -0.928. The van der Waals surface area contributed by atoms with Gasteiger partial charge in [0.2, 0.25) is 5.75 Å². The van der Waals surface area contributed by atoms with Gasteiger partial charge in [0.05, 0.1) is 11.5 Å². The summed E-state index contributed by atoms with van der Waals surface area (Å²) < 4.78 is 19.3. The number of nitro groups is 1. The first-order chi connectivity index (χ1) is 9.58. The highest BCUT2D eigenvalue weighted by atomic mass is 79.9. The molecule has 2 rings (SSSR count). The SMILES string of the molecule is O=[N+]([O-])c1cccc(F)c1OCC1(CBr)CCCCC1. The van der Waals surface area contributed by atoms with Gasteiger partial charge in [0.1, 0.15) is 0 Å². The molecule has 0 radical (unpaired) electrons. The van der Waals surface area contributed by atoms with Gasteiger partial charge in [-0.1, -0.05) is 41.3 Å². The van der Waals surface area contributed by atoms with Crippen LogP contribution in [0.15, 0.2) is 18.2 Å². The third-order valence-electron chi connectivity index (χ3n) is 3.86. The van der Waals surface area contributed by atoms with Gasteiger partial charge < -0.3 is 4.74 Å². The van der Waals surface area contributed by atoms with Crippen molar-refractivity contribution in [1.82, 2.24) is 0 Å². The minimum atomic E-state index is -0.681. The second kappa shape index (κ2) is 6.52. The van der Waals surface area contributed by atoms with Gasteiger partial charge in [0.15, 0.2) is 5.82 Å². The van der Waals surface area contributed by atoms with E-state index in [0.29, 0.717) is 6.61 Å². The minimum Gasteiger partial charge on any atom is -0.484 e. The van der Waals surface area contributed by atoms with Crippen molar-refractivity contribution in [1.29, 1.82) is 0 Å². The maximum Gasteiger partial charge on any atom is 0.314 e.